The lowest BCUT2D eigenvalue weighted by atomic mass is 10.1. The molecule has 0 radical (unpaired) electrons. The van der Waals surface area contributed by atoms with Crippen LogP contribution in [-0.2, 0) is 0 Å². The van der Waals surface area contributed by atoms with E-state index in [9.17, 15) is 0 Å². The zero-order valence-electron chi connectivity index (χ0n) is 7.42. The Labute approximate surface area is 105 Å². The Kier molecular flexibility index (Phi) is 3.24. The Balaban J connectivity index is 2.54. The summed E-state index contributed by atoms with van der Waals surface area (Å²) in [4.78, 5) is 8.08. The van der Waals surface area contributed by atoms with Crippen molar-refractivity contribution in [3.05, 3.63) is 45.2 Å². The quantitative estimate of drug-likeness (QED) is 0.737. The van der Waals surface area contributed by atoms with E-state index >= 15 is 0 Å². The van der Waals surface area contributed by atoms with Gasteiger partial charge < -0.3 is 0 Å². The largest absolute Gasteiger partial charge is 0.236 e. The minimum absolute atomic E-state index is 0.590. The predicted octanol–water partition coefficient (Wildman–Crippen LogP) is 4.21. The van der Waals surface area contributed by atoms with Crippen LogP contribution in [0.5, 0.6) is 0 Å². The van der Waals surface area contributed by atoms with Crippen LogP contribution in [0.4, 0.5) is 0 Å². The molecule has 0 N–H and O–H groups in total. The molecule has 2 aromatic rings. The van der Waals surface area contributed by atoms with Crippen LogP contribution in [0.25, 0.3) is 11.3 Å². The average molecular weight is 304 g/mol. The molecule has 5 heteroatoms. The first-order valence-electron chi connectivity index (χ1n) is 4.09. The van der Waals surface area contributed by atoms with E-state index in [1.54, 1.807) is 6.07 Å². The van der Waals surface area contributed by atoms with E-state index in [1.807, 2.05) is 18.2 Å². The third-order valence-corrected chi connectivity index (χ3v) is 2.66. The highest BCUT2D eigenvalue weighted by molar-refractivity contribution is 9.10. The minimum Gasteiger partial charge on any atom is -0.236 e. The third-order valence-electron chi connectivity index (χ3n) is 1.79. The van der Waals surface area contributed by atoms with Crippen LogP contribution in [0.3, 0.4) is 0 Å². The molecule has 0 spiro atoms. The second kappa shape index (κ2) is 4.47. The van der Waals surface area contributed by atoms with Gasteiger partial charge in [-0.3, -0.25) is 0 Å². The summed E-state index contributed by atoms with van der Waals surface area (Å²) in [5.41, 5.74) is 1.65. The lowest BCUT2D eigenvalue weighted by Gasteiger charge is -2.02. The first-order valence-corrected chi connectivity index (χ1v) is 5.64. The lowest BCUT2D eigenvalue weighted by Crippen LogP contribution is -1.85. The van der Waals surface area contributed by atoms with E-state index in [2.05, 4.69) is 25.9 Å². The molecule has 0 amide bonds. The van der Waals surface area contributed by atoms with Gasteiger partial charge in [-0.05, 0) is 40.2 Å². The predicted molar refractivity (Wildman–Crippen MR) is 65.2 cm³/mol. The Morgan fingerprint density at radius 2 is 1.60 bits per heavy atom. The van der Waals surface area contributed by atoms with Gasteiger partial charge in [0.1, 0.15) is 10.9 Å². The van der Waals surface area contributed by atoms with Crippen molar-refractivity contribution in [2.75, 3.05) is 0 Å². The van der Waals surface area contributed by atoms with Crippen LogP contribution in [0, 0.1) is 0 Å². The topological polar surface area (TPSA) is 25.8 Å². The second-order valence-corrected chi connectivity index (χ2v) is 4.57. The van der Waals surface area contributed by atoms with Crippen LogP contribution in [0.1, 0.15) is 0 Å². The number of aromatic nitrogens is 2. The Hall–Kier alpha value is -0.640. The number of hydrogen-bond acceptors (Lipinski definition) is 2. The zero-order chi connectivity index (χ0) is 10.8. The fourth-order valence-corrected chi connectivity index (χ4v) is 2.03. The molecule has 0 atom stereocenters. The van der Waals surface area contributed by atoms with Crippen LogP contribution < -0.4 is 0 Å². The summed E-state index contributed by atoms with van der Waals surface area (Å²) in [7, 11) is 0. The molecule has 15 heavy (non-hydrogen) atoms. The summed E-state index contributed by atoms with van der Waals surface area (Å²) >= 11 is 15.1. The van der Waals surface area contributed by atoms with Crippen molar-refractivity contribution in [2.24, 2.45) is 0 Å². The third kappa shape index (κ3) is 2.68. The van der Waals surface area contributed by atoms with Crippen molar-refractivity contribution in [1.29, 1.82) is 0 Å². The van der Waals surface area contributed by atoms with Crippen molar-refractivity contribution in [3.8, 4) is 11.3 Å². The van der Waals surface area contributed by atoms with Crippen LogP contribution in [0.2, 0.25) is 10.0 Å². The van der Waals surface area contributed by atoms with E-state index < -0.39 is 0 Å². The maximum Gasteiger partial charge on any atom is 0.117 e. The van der Waals surface area contributed by atoms with Crippen LogP contribution in [-0.4, -0.2) is 9.97 Å². The van der Waals surface area contributed by atoms with E-state index in [1.165, 1.54) is 6.33 Å². The molecular formula is C10H5BrCl2N2. The molecule has 2 rings (SSSR count). The van der Waals surface area contributed by atoms with Gasteiger partial charge in [-0.2, -0.15) is 0 Å². The van der Waals surface area contributed by atoms with Gasteiger partial charge in [0.05, 0.1) is 5.69 Å². The lowest BCUT2D eigenvalue weighted by molar-refractivity contribution is 1.14. The normalized spacial score (nSPS) is 10.3. The average Bonchev–Trinajstić information content (AvgIpc) is 2.16. The molecule has 2 nitrogen and oxygen atoms in total. The molecule has 1 aromatic heterocycles. The molecule has 1 aromatic carbocycles. The summed E-state index contributed by atoms with van der Waals surface area (Å²) in [6, 6.07) is 7.11. The maximum atomic E-state index is 5.90. The Morgan fingerprint density at radius 3 is 2.20 bits per heavy atom. The molecule has 0 aliphatic heterocycles. The van der Waals surface area contributed by atoms with Crippen molar-refractivity contribution < 1.29 is 0 Å². The smallest absolute Gasteiger partial charge is 0.117 e. The van der Waals surface area contributed by atoms with E-state index in [4.69, 9.17) is 23.2 Å². The van der Waals surface area contributed by atoms with Gasteiger partial charge in [-0.15, -0.1) is 0 Å². The fourth-order valence-electron chi connectivity index (χ4n) is 1.19. The van der Waals surface area contributed by atoms with E-state index in [0.717, 1.165) is 15.9 Å². The minimum atomic E-state index is 0.590. The number of benzene rings is 1. The zero-order valence-corrected chi connectivity index (χ0v) is 10.5. The Morgan fingerprint density at radius 1 is 0.933 bits per heavy atom. The number of nitrogens with zero attached hydrogens (tertiary/aromatic N) is 2. The Bertz CT molecular complexity index is 482. The highest BCUT2D eigenvalue weighted by Crippen LogP contribution is 2.26. The molecule has 76 valence electrons. The molecular weight excluding hydrogens is 299 g/mol. The van der Waals surface area contributed by atoms with Gasteiger partial charge >= 0.3 is 0 Å². The molecule has 0 aliphatic carbocycles. The number of hydrogen-bond donors (Lipinski definition) is 0. The molecule has 1 heterocycles. The SMILES string of the molecule is Clc1cc(Cl)cc(-c2cc(Br)ncn2)c1. The monoisotopic (exact) mass is 302 g/mol. The van der Waals surface area contributed by atoms with Gasteiger partial charge in [0.25, 0.3) is 0 Å². The van der Waals surface area contributed by atoms with Crippen molar-refractivity contribution in [1.82, 2.24) is 9.97 Å². The van der Waals surface area contributed by atoms with Gasteiger partial charge in [-0.1, -0.05) is 23.2 Å². The highest BCUT2D eigenvalue weighted by Gasteiger charge is 2.03. The summed E-state index contributed by atoms with van der Waals surface area (Å²) in [5.74, 6) is 0. The maximum absolute atomic E-state index is 5.90. The molecule has 0 aliphatic rings. The van der Waals surface area contributed by atoms with Crippen molar-refractivity contribution >= 4 is 39.1 Å². The van der Waals surface area contributed by atoms with Gasteiger partial charge in [-0.25, -0.2) is 9.97 Å². The second-order valence-electron chi connectivity index (χ2n) is 2.88. The van der Waals surface area contributed by atoms with E-state index in [-0.39, 0.29) is 0 Å². The molecule has 0 saturated carbocycles. The van der Waals surface area contributed by atoms with Crippen LogP contribution >= 0.6 is 39.1 Å². The van der Waals surface area contributed by atoms with Crippen molar-refractivity contribution in [2.45, 2.75) is 0 Å². The van der Waals surface area contributed by atoms with Gasteiger partial charge in [0.15, 0.2) is 0 Å². The highest BCUT2D eigenvalue weighted by atomic mass is 79.9. The molecule has 0 unspecified atom stereocenters. The summed E-state index contributed by atoms with van der Waals surface area (Å²) in [6.45, 7) is 0. The summed E-state index contributed by atoms with van der Waals surface area (Å²) < 4.78 is 0.726. The van der Waals surface area contributed by atoms with Gasteiger partial charge in [0, 0.05) is 15.6 Å². The summed E-state index contributed by atoms with van der Waals surface area (Å²) in [6.07, 6.45) is 1.48. The fraction of sp³-hybridized carbons (Fsp3) is 0. The number of halogens is 3. The first kappa shape index (κ1) is 10.9. The van der Waals surface area contributed by atoms with Crippen LogP contribution in [0.15, 0.2) is 35.2 Å². The van der Waals surface area contributed by atoms with Crippen molar-refractivity contribution in [3.63, 3.8) is 0 Å². The molecule has 0 bridgehead atoms. The standard InChI is InChI=1S/C10H5BrCl2N2/c11-10-4-9(14-5-15-10)6-1-7(12)3-8(13)2-6/h1-5H. The summed E-state index contributed by atoms with van der Waals surface area (Å²) in [5, 5.41) is 1.18. The van der Waals surface area contributed by atoms with E-state index in [0.29, 0.717) is 10.0 Å². The number of rotatable bonds is 1. The van der Waals surface area contributed by atoms with Gasteiger partial charge in [0.2, 0.25) is 0 Å². The molecule has 0 fully saturated rings. The first-order chi connectivity index (χ1) is 7.15. The molecule has 0 saturated heterocycles.